The summed E-state index contributed by atoms with van der Waals surface area (Å²) < 4.78 is 21.5. The molecular formula is C30H34BrFN2O3. The lowest BCUT2D eigenvalue weighted by Gasteiger charge is -2.32. The first-order valence-corrected chi connectivity index (χ1v) is 13.3. The summed E-state index contributed by atoms with van der Waals surface area (Å²) in [6, 6.07) is 18.6. The van der Waals surface area contributed by atoms with E-state index in [-0.39, 0.29) is 25.1 Å². The van der Waals surface area contributed by atoms with Crippen molar-refractivity contribution in [2.24, 2.45) is 0 Å². The zero-order valence-corrected chi connectivity index (χ0v) is 23.3. The molecule has 5 nitrogen and oxygen atoms in total. The van der Waals surface area contributed by atoms with Crippen molar-refractivity contribution >= 4 is 27.7 Å². The third kappa shape index (κ3) is 7.89. The molecule has 0 aromatic heterocycles. The minimum Gasteiger partial charge on any atom is -0.484 e. The van der Waals surface area contributed by atoms with Crippen LogP contribution in [0.2, 0.25) is 0 Å². The summed E-state index contributed by atoms with van der Waals surface area (Å²) >= 11 is 3.54. The Kier molecular flexibility index (Phi) is 10.3. The summed E-state index contributed by atoms with van der Waals surface area (Å²) in [7, 11) is 0. The molecule has 3 rings (SSSR count). The molecule has 0 radical (unpaired) electrons. The quantitative estimate of drug-likeness (QED) is 0.302. The number of ether oxygens (including phenoxy) is 1. The Hall–Kier alpha value is -3.19. The van der Waals surface area contributed by atoms with Gasteiger partial charge in [-0.25, -0.2) is 4.39 Å². The molecule has 3 aromatic rings. The van der Waals surface area contributed by atoms with Crippen molar-refractivity contribution in [3.63, 3.8) is 0 Å². The Labute approximate surface area is 227 Å². The van der Waals surface area contributed by atoms with Crippen LogP contribution < -0.4 is 10.1 Å². The molecule has 2 amide bonds. The highest BCUT2D eigenvalue weighted by atomic mass is 79.9. The van der Waals surface area contributed by atoms with Gasteiger partial charge in [-0.05, 0) is 62.1 Å². The molecule has 0 saturated heterocycles. The number of hydrogen-bond donors (Lipinski definition) is 1. The topological polar surface area (TPSA) is 58.6 Å². The second-order valence-corrected chi connectivity index (χ2v) is 10.1. The summed E-state index contributed by atoms with van der Waals surface area (Å²) in [5, 5.41) is 3.01. The van der Waals surface area contributed by atoms with Gasteiger partial charge in [0.25, 0.3) is 5.91 Å². The van der Waals surface area contributed by atoms with Crippen LogP contribution in [0, 0.1) is 19.7 Å². The molecule has 196 valence electrons. The van der Waals surface area contributed by atoms with E-state index in [0.29, 0.717) is 17.7 Å². The fourth-order valence-electron chi connectivity index (χ4n) is 4.02. The number of rotatable bonds is 11. The predicted octanol–water partition coefficient (Wildman–Crippen LogP) is 6.14. The van der Waals surface area contributed by atoms with Crippen LogP contribution in [0.4, 0.5) is 4.39 Å². The largest absolute Gasteiger partial charge is 0.484 e. The van der Waals surface area contributed by atoms with Gasteiger partial charge < -0.3 is 15.0 Å². The van der Waals surface area contributed by atoms with Gasteiger partial charge in [0.1, 0.15) is 17.6 Å². The van der Waals surface area contributed by atoms with Gasteiger partial charge in [-0.2, -0.15) is 0 Å². The van der Waals surface area contributed by atoms with Crippen LogP contribution >= 0.6 is 15.9 Å². The predicted molar refractivity (Wildman–Crippen MR) is 148 cm³/mol. The van der Waals surface area contributed by atoms with Crippen LogP contribution in [0.5, 0.6) is 5.75 Å². The molecule has 0 saturated carbocycles. The Balaban J connectivity index is 1.94. The molecule has 0 unspecified atom stereocenters. The number of nitrogens with zero attached hydrogens (tertiary/aromatic N) is 1. The standard InChI is InChI=1S/C30H34BrFN2O3/c1-5-22(4)33-30(36)27(17-23-11-7-6-8-12-23)34(18-24-13-9-10-14-26(24)32)28(35)19-37-25-15-20(2)29(31)21(3)16-25/h6-16,22,27H,5,17-19H2,1-4H3,(H,33,36)/t22-,27-/m1/s1. The molecule has 7 heteroatoms. The SMILES string of the molecule is CC[C@@H](C)NC(=O)[C@@H](Cc1ccccc1)N(Cc1ccccc1F)C(=O)COc1cc(C)c(Br)c(C)c1. The second kappa shape index (κ2) is 13.4. The number of carbonyl (C=O) groups is 2. The maximum atomic E-state index is 14.7. The minimum absolute atomic E-state index is 0.0569. The third-order valence-electron chi connectivity index (χ3n) is 6.34. The number of carbonyl (C=O) groups excluding carboxylic acids is 2. The number of aryl methyl sites for hydroxylation is 2. The molecule has 0 aliphatic heterocycles. The van der Waals surface area contributed by atoms with Crippen LogP contribution in [0.1, 0.15) is 42.5 Å². The smallest absolute Gasteiger partial charge is 0.261 e. The van der Waals surface area contributed by atoms with Crippen LogP contribution in [0.15, 0.2) is 71.2 Å². The lowest BCUT2D eigenvalue weighted by Crippen LogP contribution is -2.53. The molecule has 0 fully saturated rings. The van der Waals surface area contributed by atoms with E-state index in [1.807, 2.05) is 70.2 Å². The molecule has 0 heterocycles. The number of benzene rings is 3. The molecular weight excluding hydrogens is 535 g/mol. The van der Waals surface area contributed by atoms with Crippen molar-refractivity contribution in [2.75, 3.05) is 6.61 Å². The van der Waals surface area contributed by atoms with Gasteiger partial charge in [-0.15, -0.1) is 0 Å². The maximum absolute atomic E-state index is 14.7. The van der Waals surface area contributed by atoms with E-state index in [1.54, 1.807) is 18.2 Å². The average molecular weight is 570 g/mol. The van der Waals surface area contributed by atoms with Crippen molar-refractivity contribution in [1.29, 1.82) is 0 Å². The van der Waals surface area contributed by atoms with Crippen molar-refractivity contribution in [3.05, 3.63) is 99.3 Å². The number of hydrogen-bond acceptors (Lipinski definition) is 3. The van der Waals surface area contributed by atoms with E-state index in [4.69, 9.17) is 4.74 Å². The zero-order valence-electron chi connectivity index (χ0n) is 21.8. The number of amides is 2. The van der Waals surface area contributed by atoms with Gasteiger partial charge in [0.15, 0.2) is 6.61 Å². The Bertz CT molecular complexity index is 1200. The molecule has 1 N–H and O–H groups in total. The van der Waals surface area contributed by atoms with Crippen molar-refractivity contribution < 1.29 is 18.7 Å². The fourth-order valence-corrected chi connectivity index (χ4v) is 4.25. The summed E-state index contributed by atoms with van der Waals surface area (Å²) in [5.74, 6) is -0.554. The first-order chi connectivity index (χ1) is 17.7. The van der Waals surface area contributed by atoms with Crippen LogP contribution in [-0.2, 0) is 22.6 Å². The third-order valence-corrected chi connectivity index (χ3v) is 7.59. The van der Waals surface area contributed by atoms with E-state index in [0.717, 1.165) is 27.6 Å². The zero-order chi connectivity index (χ0) is 26.9. The summed E-state index contributed by atoms with van der Waals surface area (Å²) in [4.78, 5) is 28.6. The molecule has 0 spiro atoms. The van der Waals surface area contributed by atoms with E-state index in [2.05, 4.69) is 21.2 Å². The number of halogens is 2. The Morgan fingerprint density at radius 1 is 1.03 bits per heavy atom. The Morgan fingerprint density at radius 3 is 2.27 bits per heavy atom. The summed E-state index contributed by atoms with van der Waals surface area (Å²) in [6.45, 7) is 7.46. The van der Waals surface area contributed by atoms with Crippen LogP contribution in [-0.4, -0.2) is 35.4 Å². The fraction of sp³-hybridized carbons (Fsp3) is 0.333. The molecule has 0 aliphatic carbocycles. The number of nitrogens with one attached hydrogen (secondary N) is 1. The van der Waals surface area contributed by atoms with Crippen molar-refractivity contribution in [3.8, 4) is 5.75 Å². The van der Waals surface area contributed by atoms with Crippen molar-refractivity contribution in [2.45, 2.75) is 59.2 Å². The van der Waals surface area contributed by atoms with Crippen molar-refractivity contribution in [1.82, 2.24) is 10.2 Å². The maximum Gasteiger partial charge on any atom is 0.261 e. The van der Waals surface area contributed by atoms with Crippen LogP contribution in [0.25, 0.3) is 0 Å². The van der Waals surface area contributed by atoms with Gasteiger partial charge in [0.2, 0.25) is 5.91 Å². The highest BCUT2D eigenvalue weighted by Crippen LogP contribution is 2.26. The average Bonchev–Trinajstić information content (AvgIpc) is 2.89. The molecule has 3 aromatic carbocycles. The molecule has 37 heavy (non-hydrogen) atoms. The van der Waals surface area contributed by atoms with Crippen LogP contribution in [0.3, 0.4) is 0 Å². The highest BCUT2D eigenvalue weighted by molar-refractivity contribution is 9.10. The minimum atomic E-state index is -0.847. The van der Waals surface area contributed by atoms with Gasteiger partial charge in [-0.1, -0.05) is 71.4 Å². The van der Waals surface area contributed by atoms with E-state index < -0.39 is 17.8 Å². The molecule has 0 bridgehead atoms. The Morgan fingerprint density at radius 2 is 1.65 bits per heavy atom. The lowest BCUT2D eigenvalue weighted by atomic mass is 10.0. The van der Waals surface area contributed by atoms with Gasteiger partial charge in [-0.3, -0.25) is 9.59 Å². The van der Waals surface area contributed by atoms with E-state index in [9.17, 15) is 14.0 Å². The summed E-state index contributed by atoms with van der Waals surface area (Å²) in [6.07, 6.45) is 1.04. The molecule has 2 atom stereocenters. The normalized spacial score (nSPS) is 12.5. The van der Waals surface area contributed by atoms with Gasteiger partial charge in [0, 0.05) is 29.0 Å². The molecule has 0 aliphatic rings. The second-order valence-electron chi connectivity index (χ2n) is 9.30. The summed E-state index contributed by atoms with van der Waals surface area (Å²) in [5.41, 5.74) is 3.21. The monoisotopic (exact) mass is 568 g/mol. The van der Waals surface area contributed by atoms with E-state index >= 15 is 0 Å². The highest BCUT2D eigenvalue weighted by Gasteiger charge is 2.31. The first-order valence-electron chi connectivity index (χ1n) is 12.5. The van der Waals surface area contributed by atoms with Gasteiger partial charge >= 0.3 is 0 Å². The lowest BCUT2D eigenvalue weighted by molar-refractivity contribution is -0.143. The van der Waals surface area contributed by atoms with Gasteiger partial charge in [0.05, 0.1) is 0 Å². The first kappa shape index (κ1) is 28.4. The van der Waals surface area contributed by atoms with E-state index in [1.165, 1.54) is 11.0 Å².